The topological polar surface area (TPSA) is 68.1 Å². The van der Waals surface area contributed by atoms with Crippen molar-refractivity contribution >= 4 is 11.7 Å². The summed E-state index contributed by atoms with van der Waals surface area (Å²) in [5, 5.41) is 0. The Morgan fingerprint density at radius 2 is 1.85 bits per heavy atom. The highest BCUT2D eigenvalue weighted by Gasteiger charge is 2.34. The second-order valence-electron chi connectivity index (χ2n) is 7.39. The van der Waals surface area contributed by atoms with Gasteiger partial charge in [0.15, 0.2) is 0 Å². The fraction of sp³-hybridized carbons (Fsp3) is 0.500. The van der Waals surface area contributed by atoms with Gasteiger partial charge in [0.2, 0.25) is 5.95 Å². The molecule has 0 N–H and O–H groups in total. The molecule has 1 unspecified atom stereocenters. The van der Waals surface area contributed by atoms with Gasteiger partial charge in [-0.15, -0.1) is 0 Å². The molecule has 0 radical (unpaired) electrons. The normalized spacial score (nSPS) is 20.7. The standard InChI is InChI=1S/C20H24N4O2/c1-23-18(25)12-17(14-7-9-21-10-8-14)22-20(23)24-11-3-6-16(13-24)19(26)15-4-2-5-15/h7-10,12,15-16H,2-6,11,13H2,1H3. The maximum absolute atomic E-state index is 12.7. The van der Waals surface area contributed by atoms with E-state index in [-0.39, 0.29) is 17.4 Å². The van der Waals surface area contributed by atoms with Crippen LogP contribution in [0.5, 0.6) is 0 Å². The van der Waals surface area contributed by atoms with E-state index in [1.165, 1.54) is 6.42 Å². The maximum atomic E-state index is 12.7. The molecule has 6 nitrogen and oxygen atoms in total. The molecule has 0 aromatic carbocycles. The van der Waals surface area contributed by atoms with Gasteiger partial charge in [-0.2, -0.15) is 0 Å². The molecule has 0 spiro atoms. The molecular weight excluding hydrogens is 328 g/mol. The van der Waals surface area contributed by atoms with Gasteiger partial charge in [0.05, 0.1) is 5.69 Å². The van der Waals surface area contributed by atoms with E-state index in [4.69, 9.17) is 4.98 Å². The van der Waals surface area contributed by atoms with E-state index in [1.54, 1.807) is 30.1 Å². The first-order valence-electron chi connectivity index (χ1n) is 9.40. The zero-order chi connectivity index (χ0) is 18.1. The molecule has 2 fully saturated rings. The number of carbonyl (C=O) groups excluding carboxylic acids is 1. The van der Waals surface area contributed by atoms with Crippen molar-refractivity contribution in [2.75, 3.05) is 18.0 Å². The maximum Gasteiger partial charge on any atom is 0.255 e. The molecule has 0 amide bonds. The lowest BCUT2D eigenvalue weighted by Gasteiger charge is -2.36. The Hall–Kier alpha value is -2.50. The number of anilines is 1. The average molecular weight is 352 g/mol. The molecular formula is C20H24N4O2. The smallest absolute Gasteiger partial charge is 0.255 e. The lowest BCUT2D eigenvalue weighted by molar-refractivity contribution is -0.129. The van der Waals surface area contributed by atoms with Crippen molar-refractivity contribution in [2.45, 2.75) is 32.1 Å². The molecule has 1 aliphatic heterocycles. The first-order valence-corrected chi connectivity index (χ1v) is 9.40. The van der Waals surface area contributed by atoms with E-state index in [9.17, 15) is 9.59 Å². The van der Waals surface area contributed by atoms with Crippen molar-refractivity contribution in [3.05, 3.63) is 40.9 Å². The summed E-state index contributed by atoms with van der Waals surface area (Å²) in [5.41, 5.74) is 1.44. The zero-order valence-corrected chi connectivity index (χ0v) is 15.1. The van der Waals surface area contributed by atoms with Gasteiger partial charge in [-0.1, -0.05) is 6.42 Å². The minimum absolute atomic E-state index is 0.0653. The first kappa shape index (κ1) is 16.9. The summed E-state index contributed by atoms with van der Waals surface area (Å²) in [7, 11) is 1.75. The number of carbonyl (C=O) groups is 1. The molecule has 1 saturated heterocycles. The molecule has 3 heterocycles. The molecule has 26 heavy (non-hydrogen) atoms. The Morgan fingerprint density at radius 3 is 2.54 bits per heavy atom. The highest BCUT2D eigenvalue weighted by molar-refractivity contribution is 5.84. The van der Waals surface area contributed by atoms with Gasteiger partial charge in [-0.25, -0.2) is 4.98 Å². The molecule has 4 rings (SSSR count). The Labute approximate surface area is 152 Å². The molecule has 1 atom stereocenters. The van der Waals surface area contributed by atoms with E-state index in [1.807, 2.05) is 12.1 Å². The quantitative estimate of drug-likeness (QED) is 0.845. The minimum Gasteiger partial charge on any atom is -0.341 e. The third-order valence-corrected chi connectivity index (χ3v) is 5.70. The van der Waals surface area contributed by atoms with Gasteiger partial charge in [0.1, 0.15) is 5.78 Å². The number of Topliss-reactive ketones (excluding diaryl/α,β-unsaturated/α-hetero) is 1. The number of hydrogen-bond acceptors (Lipinski definition) is 5. The SMILES string of the molecule is Cn1c(N2CCCC(C(=O)C3CCC3)C2)nc(-c2ccncc2)cc1=O. The summed E-state index contributed by atoms with van der Waals surface area (Å²) in [6.45, 7) is 1.49. The second kappa shape index (κ2) is 7.02. The summed E-state index contributed by atoms with van der Waals surface area (Å²) < 4.78 is 1.58. The number of piperidine rings is 1. The van der Waals surface area contributed by atoms with Crippen LogP contribution in [0, 0.1) is 11.8 Å². The number of hydrogen-bond donors (Lipinski definition) is 0. The van der Waals surface area contributed by atoms with Crippen LogP contribution in [0.4, 0.5) is 5.95 Å². The van der Waals surface area contributed by atoms with Crippen molar-refractivity contribution in [3.8, 4) is 11.3 Å². The van der Waals surface area contributed by atoms with Crippen LogP contribution in [-0.2, 0) is 11.8 Å². The zero-order valence-electron chi connectivity index (χ0n) is 15.1. The largest absolute Gasteiger partial charge is 0.341 e. The predicted octanol–water partition coefficient (Wildman–Crippen LogP) is 2.43. The van der Waals surface area contributed by atoms with Crippen LogP contribution in [0.1, 0.15) is 32.1 Å². The summed E-state index contributed by atoms with van der Waals surface area (Å²) in [6.07, 6.45) is 8.57. The van der Waals surface area contributed by atoms with E-state index < -0.39 is 0 Å². The van der Waals surface area contributed by atoms with Gasteiger partial charge in [0.25, 0.3) is 5.56 Å². The number of nitrogens with zero attached hydrogens (tertiary/aromatic N) is 4. The predicted molar refractivity (Wildman–Crippen MR) is 100.0 cm³/mol. The van der Waals surface area contributed by atoms with Gasteiger partial charge >= 0.3 is 0 Å². The highest BCUT2D eigenvalue weighted by atomic mass is 16.1. The molecule has 0 bridgehead atoms. The lowest BCUT2D eigenvalue weighted by atomic mass is 9.76. The van der Waals surface area contributed by atoms with E-state index >= 15 is 0 Å². The average Bonchev–Trinajstić information content (AvgIpc) is 2.63. The Balaban J connectivity index is 1.63. The van der Waals surface area contributed by atoms with Crippen LogP contribution in [0.15, 0.2) is 35.4 Å². The van der Waals surface area contributed by atoms with Gasteiger partial charge in [0, 0.05) is 56.0 Å². The van der Waals surface area contributed by atoms with E-state index in [2.05, 4.69) is 9.88 Å². The van der Waals surface area contributed by atoms with Crippen molar-refractivity contribution in [1.29, 1.82) is 0 Å². The van der Waals surface area contributed by atoms with Gasteiger partial charge in [-0.3, -0.25) is 19.1 Å². The first-order chi connectivity index (χ1) is 12.6. The van der Waals surface area contributed by atoms with Crippen LogP contribution in [0.2, 0.25) is 0 Å². The highest BCUT2D eigenvalue weighted by Crippen LogP contribution is 2.33. The number of aromatic nitrogens is 3. The fourth-order valence-corrected chi connectivity index (χ4v) is 3.90. The lowest BCUT2D eigenvalue weighted by Crippen LogP contribution is -2.44. The Kier molecular flexibility index (Phi) is 4.57. The van der Waals surface area contributed by atoms with Crippen LogP contribution in [-0.4, -0.2) is 33.4 Å². The molecule has 1 aliphatic carbocycles. The summed E-state index contributed by atoms with van der Waals surface area (Å²) >= 11 is 0. The van der Waals surface area contributed by atoms with Crippen molar-refractivity contribution in [2.24, 2.45) is 18.9 Å². The number of ketones is 1. The molecule has 2 aromatic heterocycles. The third-order valence-electron chi connectivity index (χ3n) is 5.70. The summed E-state index contributed by atoms with van der Waals surface area (Å²) in [4.78, 5) is 36.0. The molecule has 2 aromatic rings. The van der Waals surface area contributed by atoms with Crippen molar-refractivity contribution in [3.63, 3.8) is 0 Å². The molecule has 2 aliphatic rings. The summed E-state index contributed by atoms with van der Waals surface area (Å²) in [6, 6.07) is 5.26. The van der Waals surface area contributed by atoms with Crippen LogP contribution < -0.4 is 10.5 Å². The molecule has 6 heteroatoms. The van der Waals surface area contributed by atoms with Gasteiger partial charge in [-0.05, 0) is 37.8 Å². The number of pyridine rings is 1. The summed E-state index contributed by atoms with van der Waals surface area (Å²) in [5.74, 6) is 1.39. The van der Waals surface area contributed by atoms with Gasteiger partial charge < -0.3 is 4.90 Å². The van der Waals surface area contributed by atoms with Crippen molar-refractivity contribution in [1.82, 2.24) is 14.5 Å². The van der Waals surface area contributed by atoms with E-state index in [0.29, 0.717) is 24.0 Å². The number of rotatable bonds is 4. The Morgan fingerprint density at radius 1 is 1.12 bits per heavy atom. The minimum atomic E-state index is -0.0887. The van der Waals surface area contributed by atoms with Crippen LogP contribution in [0.25, 0.3) is 11.3 Å². The van der Waals surface area contributed by atoms with Crippen LogP contribution >= 0.6 is 0 Å². The van der Waals surface area contributed by atoms with Crippen molar-refractivity contribution < 1.29 is 4.79 Å². The van der Waals surface area contributed by atoms with Crippen LogP contribution in [0.3, 0.4) is 0 Å². The molecule has 1 saturated carbocycles. The second-order valence-corrected chi connectivity index (χ2v) is 7.39. The monoisotopic (exact) mass is 352 g/mol. The Bertz CT molecular complexity index is 858. The molecule has 136 valence electrons. The third kappa shape index (κ3) is 3.16. The fourth-order valence-electron chi connectivity index (χ4n) is 3.90. The van der Waals surface area contributed by atoms with E-state index in [0.717, 1.165) is 37.8 Å².